The first kappa shape index (κ1) is 12.2. The van der Waals surface area contributed by atoms with E-state index in [-0.39, 0.29) is 31.8 Å². The van der Waals surface area contributed by atoms with Gasteiger partial charge in [-0.05, 0) is 0 Å². The predicted octanol–water partition coefficient (Wildman–Crippen LogP) is 3.08. The van der Waals surface area contributed by atoms with Crippen LogP contribution in [0.2, 0.25) is 15.1 Å². The van der Waals surface area contributed by atoms with Crippen molar-refractivity contribution >= 4 is 53.7 Å². The van der Waals surface area contributed by atoms with Crippen molar-refractivity contribution in [2.45, 2.75) is 0 Å². The van der Waals surface area contributed by atoms with Gasteiger partial charge in [-0.1, -0.05) is 34.8 Å². The Hall–Kier alpha value is -0.900. The molecule has 1 aromatic carbocycles. The minimum Gasteiger partial charge on any atom is -0.298 e. The van der Waals surface area contributed by atoms with Crippen LogP contribution >= 0.6 is 34.8 Å². The van der Waals surface area contributed by atoms with Crippen LogP contribution in [-0.4, -0.2) is 18.9 Å². The fourth-order valence-electron chi connectivity index (χ4n) is 1.03. The van der Waals surface area contributed by atoms with Gasteiger partial charge in [-0.15, -0.1) is 0 Å². The van der Waals surface area contributed by atoms with Crippen molar-refractivity contribution in [1.29, 1.82) is 0 Å². The molecule has 15 heavy (non-hydrogen) atoms. The first-order chi connectivity index (χ1) is 7.08. The molecule has 0 N–H and O–H groups in total. The Morgan fingerprint density at radius 1 is 0.600 bits per heavy atom. The summed E-state index contributed by atoms with van der Waals surface area (Å²) in [4.78, 5) is 32.0. The molecule has 0 heterocycles. The molecule has 0 aliphatic rings. The fraction of sp³-hybridized carbons (Fsp3) is 0. The van der Waals surface area contributed by atoms with Gasteiger partial charge in [0.2, 0.25) is 0 Å². The number of aldehydes is 3. The van der Waals surface area contributed by atoms with E-state index in [0.29, 0.717) is 18.9 Å². The van der Waals surface area contributed by atoms with E-state index in [1.807, 2.05) is 0 Å². The number of halogens is 3. The summed E-state index contributed by atoms with van der Waals surface area (Å²) >= 11 is 17.1. The molecule has 78 valence electrons. The molecule has 0 spiro atoms. The molecule has 0 aliphatic carbocycles. The van der Waals surface area contributed by atoms with Gasteiger partial charge in [0, 0.05) is 0 Å². The summed E-state index contributed by atoms with van der Waals surface area (Å²) < 4.78 is 0. The van der Waals surface area contributed by atoms with Crippen LogP contribution in [0.4, 0.5) is 0 Å². The third-order valence-corrected chi connectivity index (χ3v) is 2.99. The van der Waals surface area contributed by atoms with Crippen LogP contribution in [0.1, 0.15) is 31.1 Å². The maximum atomic E-state index is 10.7. The van der Waals surface area contributed by atoms with Crippen molar-refractivity contribution in [3.05, 3.63) is 31.8 Å². The molecule has 0 saturated heterocycles. The third-order valence-electron chi connectivity index (χ3n) is 1.77. The second-order valence-electron chi connectivity index (χ2n) is 2.54. The van der Waals surface area contributed by atoms with Gasteiger partial charge in [0.15, 0.2) is 18.9 Å². The van der Waals surface area contributed by atoms with E-state index in [2.05, 4.69) is 0 Å². The highest BCUT2D eigenvalue weighted by Crippen LogP contribution is 2.35. The molecular weight excluding hydrogens is 262 g/mol. The highest BCUT2D eigenvalue weighted by atomic mass is 35.5. The second kappa shape index (κ2) is 4.75. The molecule has 0 fully saturated rings. The van der Waals surface area contributed by atoms with Crippen molar-refractivity contribution in [2.75, 3.05) is 0 Å². The van der Waals surface area contributed by atoms with Gasteiger partial charge in [-0.2, -0.15) is 0 Å². The number of hydrogen-bond acceptors (Lipinski definition) is 3. The molecule has 0 aromatic heterocycles. The summed E-state index contributed by atoms with van der Waals surface area (Å²) in [5, 5.41) is -0.457. The molecule has 1 rings (SSSR count). The largest absolute Gasteiger partial charge is 0.298 e. The minimum atomic E-state index is -0.152. The van der Waals surface area contributed by atoms with Crippen LogP contribution in [-0.2, 0) is 0 Å². The number of hydrogen-bond donors (Lipinski definition) is 0. The lowest BCUT2D eigenvalue weighted by molar-refractivity contribution is 0.112. The smallest absolute Gasteiger partial charge is 0.153 e. The van der Waals surface area contributed by atoms with Gasteiger partial charge in [-0.25, -0.2) is 0 Å². The van der Waals surface area contributed by atoms with Gasteiger partial charge in [-0.3, -0.25) is 14.4 Å². The number of benzene rings is 1. The van der Waals surface area contributed by atoms with E-state index in [9.17, 15) is 14.4 Å². The molecule has 0 atom stereocenters. The van der Waals surface area contributed by atoms with Gasteiger partial charge >= 0.3 is 0 Å². The zero-order valence-corrected chi connectivity index (χ0v) is 9.36. The van der Waals surface area contributed by atoms with Crippen molar-refractivity contribution in [3.8, 4) is 0 Å². The average Bonchev–Trinajstić information content (AvgIpc) is 2.19. The molecule has 0 amide bonds. The molecule has 0 unspecified atom stereocenters. The summed E-state index contributed by atoms with van der Waals surface area (Å²) in [7, 11) is 0. The molecular formula is C9H3Cl3O3. The van der Waals surface area contributed by atoms with Gasteiger partial charge < -0.3 is 0 Å². The predicted molar refractivity (Wildman–Crippen MR) is 57.6 cm³/mol. The highest BCUT2D eigenvalue weighted by molar-refractivity contribution is 6.46. The van der Waals surface area contributed by atoms with Crippen LogP contribution in [0.25, 0.3) is 0 Å². The van der Waals surface area contributed by atoms with E-state index in [0.717, 1.165) is 0 Å². The monoisotopic (exact) mass is 264 g/mol. The lowest BCUT2D eigenvalue weighted by Crippen LogP contribution is -1.98. The lowest BCUT2D eigenvalue weighted by atomic mass is 10.1. The Bertz CT molecular complexity index is 367. The average molecular weight is 265 g/mol. The van der Waals surface area contributed by atoms with Crippen molar-refractivity contribution in [1.82, 2.24) is 0 Å². The van der Waals surface area contributed by atoms with Crippen LogP contribution in [0, 0.1) is 0 Å². The third kappa shape index (κ3) is 1.91. The van der Waals surface area contributed by atoms with Gasteiger partial charge in [0.1, 0.15) is 0 Å². The Kier molecular flexibility index (Phi) is 3.85. The summed E-state index contributed by atoms with van der Waals surface area (Å²) in [6, 6.07) is 0. The lowest BCUT2D eigenvalue weighted by Gasteiger charge is -2.08. The summed E-state index contributed by atoms with van der Waals surface area (Å²) in [5.74, 6) is 0. The van der Waals surface area contributed by atoms with Crippen molar-refractivity contribution in [2.24, 2.45) is 0 Å². The zero-order chi connectivity index (χ0) is 11.6. The van der Waals surface area contributed by atoms with Crippen LogP contribution in [0.3, 0.4) is 0 Å². The number of carbonyl (C=O) groups excluding carboxylic acids is 3. The molecule has 0 radical (unpaired) electrons. The second-order valence-corrected chi connectivity index (χ2v) is 3.67. The van der Waals surface area contributed by atoms with E-state index in [1.165, 1.54) is 0 Å². The normalized spacial score (nSPS) is 9.80. The van der Waals surface area contributed by atoms with Gasteiger partial charge in [0.05, 0.1) is 31.8 Å². The fourth-order valence-corrected chi connectivity index (χ4v) is 2.01. The highest BCUT2D eigenvalue weighted by Gasteiger charge is 2.19. The summed E-state index contributed by atoms with van der Waals surface area (Å²) in [6.07, 6.45) is 1.09. The molecule has 6 heteroatoms. The Morgan fingerprint density at radius 3 is 0.933 bits per heavy atom. The maximum absolute atomic E-state index is 10.7. The van der Waals surface area contributed by atoms with E-state index >= 15 is 0 Å². The summed E-state index contributed by atoms with van der Waals surface area (Å²) in [6.45, 7) is 0. The quantitative estimate of drug-likeness (QED) is 0.789. The van der Waals surface area contributed by atoms with Crippen molar-refractivity contribution in [3.63, 3.8) is 0 Å². The van der Waals surface area contributed by atoms with E-state index in [1.54, 1.807) is 0 Å². The zero-order valence-electron chi connectivity index (χ0n) is 7.09. The first-order valence-corrected chi connectivity index (χ1v) is 4.77. The first-order valence-electron chi connectivity index (χ1n) is 3.64. The molecule has 3 nitrogen and oxygen atoms in total. The van der Waals surface area contributed by atoms with Crippen LogP contribution in [0.15, 0.2) is 0 Å². The van der Waals surface area contributed by atoms with E-state index < -0.39 is 0 Å². The molecule has 1 aromatic rings. The molecule has 0 bridgehead atoms. The standard InChI is InChI=1S/C9H3Cl3O3/c10-7-4(1-13)8(11)6(3-15)9(12)5(7)2-14/h1-3H. The van der Waals surface area contributed by atoms with Crippen LogP contribution in [0.5, 0.6) is 0 Å². The number of rotatable bonds is 3. The van der Waals surface area contributed by atoms with Crippen LogP contribution < -0.4 is 0 Å². The number of carbonyl (C=O) groups is 3. The summed E-state index contributed by atoms with van der Waals surface area (Å²) in [5.41, 5.74) is -0.356. The van der Waals surface area contributed by atoms with E-state index in [4.69, 9.17) is 34.8 Å². The maximum Gasteiger partial charge on any atom is 0.153 e. The van der Waals surface area contributed by atoms with Crippen molar-refractivity contribution < 1.29 is 14.4 Å². The van der Waals surface area contributed by atoms with Gasteiger partial charge in [0.25, 0.3) is 0 Å². The molecule has 0 aliphatic heterocycles. The Labute approximate surface area is 99.9 Å². The Morgan fingerprint density at radius 2 is 0.800 bits per heavy atom. The SMILES string of the molecule is O=Cc1c(Cl)c(C=O)c(Cl)c(C=O)c1Cl. The Balaban J connectivity index is 3.79. The minimum absolute atomic E-state index is 0.119. The topological polar surface area (TPSA) is 51.2 Å². The molecule has 0 saturated carbocycles.